The van der Waals surface area contributed by atoms with Crippen LogP contribution in [0.5, 0.6) is 11.5 Å². The van der Waals surface area contributed by atoms with Gasteiger partial charge in [-0.05, 0) is 51.4 Å². The molecular weight excluding hydrogens is 286 g/mol. The minimum atomic E-state index is 0.335. The second kappa shape index (κ2) is 8.96. The SMILES string of the molecule is CCCNC(C)/C(C)=C/c1cc(Cl)c(OC)c(OCC)c1. The first-order chi connectivity index (χ1) is 10.0. The fourth-order valence-electron chi connectivity index (χ4n) is 2.04. The molecule has 4 heteroatoms. The van der Waals surface area contributed by atoms with Crippen molar-refractivity contribution in [1.29, 1.82) is 0 Å². The number of nitrogens with one attached hydrogen (secondary N) is 1. The third-order valence-electron chi connectivity index (χ3n) is 3.31. The molecule has 0 amide bonds. The van der Waals surface area contributed by atoms with E-state index in [0.717, 1.165) is 18.5 Å². The topological polar surface area (TPSA) is 30.5 Å². The fourth-order valence-corrected chi connectivity index (χ4v) is 2.34. The van der Waals surface area contributed by atoms with Crippen LogP contribution in [-0.4, -0.2) is 26.3 Å². The molecule has 0 radical (unpaired) electrons. The van der Waals surface area contributed by atoms with E-state index in [2.05, 4.69) is 32.2 Å². The molecule has 1 rings (SSSR count). The molecule has 1 aromatic carbocycles. The monoisotopic (exact) mass is 311 g/mol. The molecule has 0 saturated carbocycles. The first-order valence-corrected chi connectivity index (χ1v) is 7.83. The lowest BCUT2D eigenvalue weighted by Gasteiger charge is -2.15. The summed E-state index contributed by atoms with van der Waals surface area (Å²) in [5, 5.41) is 4.04. The molecule has 0 spiro atoms. The highest BCUT2D eigenvalue weighted by atomic mass is 35.5. The Morgan fingerprint density at radius 2 is 2.10 bits per heavy atom. The molecule has 0 heterocycles. The van der Waals surface area contributed by atoms with Gasteiger partial charge in [-0.1, -0.05) is 30.2 Å². The quantitative estimate of drug-likeness (QED) is 0.764. The number of methoxy groups -OCH3 is 1. The molecular formula is C17H26ClNO2. The number of hydrogen-bond donors (Lipinski definition) is 1. The van der Waals surface area contributed by atoms with Crippen molar-refractivity contribution < 1.29 is 9.47 Å². The van der Waals surface area contributed by atoms with Gasteiger partial charge in [0.2, 0.25) is 0 Å². The molecule has 3 nitrogen and oxygen atoms in total. The minimum Gasteiger partial charge on any atom is -0.491 e. The van der Waals surface area contributed by atoms with Crippen molar-refractivity contribution in [2.24, 2.45) is 0 Å². The Morgan fingerprint density at radius 3 is 2.67 bits per heavy atom. The van der Waals surface area contributed by atoms with Crippen molar-refractivity contribution in [3.05, 3.63) is 28.3 Å². The van der Waals surface area contributed by atoms with Gasteiger partial charge in [0.25, 0.3) is 0 Å². The Labute approximate surface area is 133 Å². The van der Waals surface area contributed by atoms with E-state index in [0.29, 0.717) is 29.2 Å². The Bertz CT molecular complexity index is 486. The number of hydrogen-bond acceptors (Lipinski definition) is 3. The lowest BCUT2D eigenvalue weighted by Crippen LogP contribution is -2.27. The van der Waals surface area contributed by atoms with Crippen molar-refractivity contribution >= 4 is 17.7 Å². The highest BCUT2D eigenvalue weighted by molar-refractivity contribution is 6.32. The summed E-state index contributed by atoms with van der Waals surface area (Å²) < 4.78 is 10.9. The highest BCUT2D eigenvalue weighted by Crippen LogP contribution is 2.36. The molecule has 0 aliphatic rings. The van der Waals surface area contributed by atoms with Crippen LogP contribution in [0.15, 0.2) is 17.7 Å². The van der Waals surface area contributed by atoms with E-state index in [4.69, 9.17) is 21.1 Å². The zero-order valence-electron chi connectivity index (χ0n) is 13.6. The van der Waals surface area contributed by atoms with Crippen LogP contribution in [-0.2, 0) is 0 Å². The molecule has 0 saturated heterocycles. The van der Waals surface area contributed by atoms with E-state index in [9.17, 15) is 0 Å². The number of benzene rings is 1. The Kier molecular flexibility index (Phi) is 7.62. The molecule has 21 heavy (non-hydrogen) atoms. The zero-order chi connectivity index (χ0) is 15.8. The van der Waals surface area contributed by atoms with Crippen LogP contribution in [0, 0.1) is 0 Å². The molecule has 1 N–H and O–H groups in total. The Balaban J connectivity index is 3.02. The van der Waals surface area contributed by atoms with E-state index >= 15 is 0 Å². The molecule has 0 bridgehead atoms. The van der Waals surface area contributed by atoms with Crippen molar-refractivity contribution in [2.45, 2.75) is 40.2 Å². The van der Waals surface area contributed by atoms with Gasteiger partial charge in [0, 0.05) is 6.04 Å². The predicted octanol–water partition coefficient (Wildman–Crippen LogP) is 4.54. The largest absolute Gasteiger partial charge is 0.491 e. The summed E-state index contributed by atoms with van der Waals surface area (Å²) in [5.74, 6) is 1.27. The smallest absolute Gasteiger partial charge is 0.179 e. The average molecular weight is 312 g/mol. The van der Waals surface area contributed by atoms with Crippen molar-refractivity contribution in [3.63, 3.8) is 0 Å². The summed E-state index contributed by atoms with van der Waals surface area (Å²) in [7, 11) is 1.60. The van der Waals surface area contributed by atoms with Crippen molar-refractivity contribution in [1.82, 2.24) is 5.32 Å². The van der Waals surface area contributed by atoms with E-state index in [1.54, 1.807) is 7.11 Å². The molecule has 1 atom stereocenters. The maximum absolute atomic E-state index is 6.27. The number of halogens is 1. The molecule has 1 unspecified atom stereocenters. The first kappa shape index (κ1) is 17.9. The third kappa shape index (κ3) is 5.25. The van der Waals surface area contributed by atoms with Crippen LogP contribution in [0.3, 0.4) is 0 Å². The van der Waals surface area contributed by atoms with Gasteiger partial charge >= 0.3 is 0 Å². The van der Waals surface area contributed by atoms with Gasteiger partial charge in [-0.2, -0.15) is 0 Å². The molecule has 0 aliphatic carbocycles. The minimum absolute atomic E-state index is 0.335. The van der Waals surface area contributed by atoms with Crippen LogP contribution >= 0.6 is 11.6 Å². The van der Waals surface area contributed by atoms with E-state index in [-0.39, 0.29) is 0 Å². The summed E-state index contributed by atoms with van der Waals surface area (Å²) in [6.07, 6.45) is 3.25. The van der Waals surface area contributed by atoms with Crippen LogP contribution in [0.25, 0.3) is 6.08 Å². The summed E-state index contributed by atoms with van der Waals surface area (Å²) in [5.41, 5.74) is 2.28. The summed E-state index contributed by atoms with van der Waals surface area (Å²) >= 11 is 6.27. The Morgan fingerprint density at radius 1 is 1.38 bits per heavy atom. The van der Waals surface area contributed by atoms with Crippen LogP contribution < -0.4 is 14.8 Å². The van der Waals surface area contributed by atoms with Crippen LogP contribution in [0.2, 0.25) is 5.02 Å². The molecule has 118 valence electrons. The lowest BCUT2D eigenvalue weighted by atomic mass is 10.1. The second-order valence-corrected chi connectivity index (χ2v) is 5.44. The standard InChI is InChI=1S/C17H26ClNO2/c1-6-8-19-13(4)12(3)9-14-10-15(18)17(20-5)16(11-14)21-7-2/h9-11,13,19H,6-8H2,1-5H3/b12-9+. The summed E-state index contributed by atoms with van der Waals surface area (Å²) in [6, 6.07) is 4.20. The number of ether oxygens (including phenoxy) is 2. The second-order valence-electron chi connectivity index (χ2n) is 5.03. The van der Waals surface area contributed by atoms with Crippen LogP contribution in [0.4, 0.5) is 0 Å². The third-order valence-corrected chi connectivity index (χ3v) is 3.59. The van der Waals surface area contributed by atoms with Gasteiger partial charge in [0.15, 0.2) is 11.5 Å². The first-order valence-electron chi connectivity index (χ1n) is 7.45. The van der Waals surface area contributed by atoms with Gasteiger partial charge in [-0.15, -0.1) is 0 Å². The maximum Gasteiger partial charge on any atom is 0.179 e. The van der Waals surface area contributed by atoms with E-state index < -0.39 is 0 Å². The van der Waals surface area contributed by atoms with Crippen molar-refractivity contribution in [2.75, 3.05) is 20.3 Å². The molecule has 1 aromatic rings. The van der Waals surface area contributed by atoms with Crippen molar-refractivity contribution in [3.8, 4) is 11.5 Å². The van der Waals surface area contributed by atoms with Gasteiger partial charge in [-0.25, -0.2) is 0 Å². The highest BCUT2D eigenvalue weighted by Gasteiger charge is 2.11. The Hall–Kier alpha value is -1.19. The van der Waals surface area contributed by atoms with E-state index in [1.165, 1.54) is 5.57 Å². The van der Waals surface area contributed by atoms with Gasteiger partial charge in [0.1, 0.15) is 0 Å². The molecule has 0 aliphatic heterocycles. The van der Waals surface area contributed by atoms with Crippen LogP contribution in [0.1, 0.15) is 39.7 Å². The summed E-state index contributed by atoms with van der Waals surface area (Å²) in [4.78, 5) is 0. The fraction of sp³-hybridized carbons (Fsp3) is 0.529. The number of rotatable bonds is 8. The van der Waals surface area contributed by atoms with Gasteiger partial charge in [-0.3, -0.25) is 0 Å². The molecule has 0 fully saturated rings. The zero-order valence-corrected chi connectivity index (χ0v) is 14.4. The van der Waals surface area contributed by atoms with Gasteiger partial charge < -0.3 is 14.8 Å². The molecule has 0 aromatic heterocycles. The summed E-state index contributed by atoms with van der Waals surface area (Å²) in [6.45, 7) is 9.98. The normalized spacial score (nSPS) is 13.1. The average Bonchev–Trinajstić information content (AvgIpc) is 2.44. The predicted molar refractivity (Wildman–Crippen MR) is 90.6 cm³/mol. The lowest BCUT2D eigenvalue weighted by molar-refractivity contribution is 0.311. The maximum atomic E-state index is 6.27. The van der Waals surface area contributed by atoms with E-state index in [1.807, 2.05) is 19.1 Å². The van der Waals surface area contributed by atoms with Gasteiger partial charge in [0.05, 0.1) is 18.7 Å².